The zero-order valence-corrected chi connectivity index (χ0v) is 12.6. The SMILES string of the molecule is CCNC(c1cc(Br)c(C)s1)C1COCCO1. The van der Waals surface area contributed by atoms with Gasteiger partial charge in [0, 0.05) is 14.2 Å². The average Bonchev–Trinajstić information content (AvgIpc) is 2.67. The van der Waals surface area contributed by atoms with Crippen LogP contribution < -0.4 is 5.32 Å². The highest BCUT2D eigenvalue weighted by atomic mass is 79.9. The molecule has 17 heavy (non-hydrogen) atoms. The van der Waals surface area contributed by atoms with Crippen molar-refractivity contribution < 1.29 is 9.47 Å². The van der Waals surface area contributed by atoms with Crippen molar-refractivity contribution in [3.63, 3.8) is 0 Å². The minimum atomic E-state index is 0.119. The lowest BCUT2D eigenvalue weighted by molar-refractivity contribution is -0.102. The number of hydrogen-bond acceptors (Lipinski definition) is 4. The fourth-order valence-electron chi connectivity index (χ4n) is 1.97. The summed E-state index contributed by atoms with van der Waals surface area (Å²) in [5.41, 5.74) is 0. The van der Waals surface area contributed by atoms with Gasteiger partial charge in [0.05, 0.1) is 25.9 Å². The number of likely N-dealkylation sites (N-methyl/N-ethyl adjacent to an activating group) is 1. The highest BCUT2D eigenvalue weighted by Gasteiger charge is 2.27. The lowest BCUT2D eigenvalue weighted by atomic mass is 10.1. The van der Waals surface area contributed by atoms with Crippen LogP contribution in [-0.2, 0) is 9.47 Å². The molecule has 0 amide bonds. The summed E-state index contributed by atoms with van der Waals surface area (Å²) in [5.74, 6) is 0. The molecular weight excluding hydrogens is 302 g/mol. The summed E-state index contributed by atoms with van der Waals surface area (Å²) in [5, 5.41) is 3.49. The fourth-order valence-corrected chi connectivity index (χ4v) is 3.66. The maximum Gasteiger partial charge on any atom is 0.101 e. The van der Waals surface area contributed by atoms with Gasteiger partial charge in [0.25, 0.3) is 0 Å². The second-order valence-corrected chi connectivity index (χ2v) is 6.21. The lowest BCUT2D eigenvalue weighted by Gasteiger charge is -2.30. The van der Waals surface area contributed by atoms with Crippen LogP contribution in [0.15, 0.2) is 10.5 Å². The minimum absolute atomic E-state index is 0.119. The van der Waals surface area contributed by atoms with Crippen molar-refractivity contribution in [1.82, 2.24) is 5.32 Å². The van der Waals surface area contributed by atoms with Gasteiger partial charge in [0.2, 0.25) is 0 Å². The number of thiophene rings is 1. The summed E-state index contributed by atoms with van der Waals surface area (Å²) in [6.07, 6.45) is 0.119. The molecule has 0 saturated carbocycles. The Balaban J connectivity index is 2.15. The Labute approximate surface area is 115 Å². The van der Waals surface area contributed by atoms with Gasteiger partial charge in [-0.25, -0.2) is 0 Å². The molecule has 1 aromatic heterocycles. The van der Waals surface area contributed by atoms with Crippen LogP contribution in [0.2, 0.25) is 0 Å². The highest BCUT2D eigenvalue weighted by Crippen LogP contribution is 2.33. The van der Waals surface area contributed by atoms with Crippen LogP contribution in [0.3, 0.4) is 0 Å². The number of nitrogens with one attached hydrogen (secondary N) is 1. The van der Waals surface area contributed by atoms with Gasteiger partial charge in [-0.2, -0.15) is 0 Å². The number of rotatable bonds is 4. The lowest BCUT2D eigenvalue weighted by Crippen LogP contribution is -2.40. The van der Waals surface area contributed by atoms with E-state index in [4.69, 9.17) is 9.47 Å². The van der Waals surface area contributed by atoms with Crippen LogP contribution in [0.1, 0.15) is 22.7 Å². The molecule has 0 bridgehead atoms. The van der Waals surface area contributed by atoms with Gasteiger partial charge in [-0.1, -0.05) is 6.92 Å². The molecule has 96 valence electrons. The van der Waals surface area contributed by atoms with Gasteiger partial charge in [0.1, 0.15) is 6.10 Å². The van der Waals surface area contributed by atoms with Gasteiger partial charge >= 0.3 is 0 Å². The van der Waals surface area contributed by atoms with E-state index in [1.54, 1.807) is 0 Å². The molecular formula is C12H18BrNO2S. The van der Waals surface area contributed by atoms with E-state index in [-0.39, 0.29) is 12.1 Å². The summed E-state index contributed by atoms with van der Waals surface area (Å²) in [6.45, 7) is 7.25. The third-order valence-corrected chi connectivity index (χ3v) is 5.04. The van der Waals surface area contributed by atoms with E-state index in [0.717, 1.165) is 6.54 Å². The van der Waals surface area contributed by atoms with Gasteiger partial charge in [-0.15, -0.1) is 11.3 Å². The monoisotopic (exact) mass is 319 g/mol. The molecule has 1 aliphatic rings. The van der Waals surface area contributed by atoms with Crippen molar-refractivity contribution in [2.45, 2.75) is 26.0 Å². The first-order chi connectivity index (χ1) is 8.22. The molecule has 1 aliphatic heterocycles. The quantitative estimate of drug-likeness (QED) is 0.925. The number of halogens is 1. The molecule has 5 heteroatoms. The van der Waals surface area contributed by atoms with Crippen LogP contribution in [0.25, 0.3) is 0 Å². The molecule has 1 saturated heterocycles. The Hall–Kier alpha value is 0.0600. The molecule has 0 aliphatic carbocycles. The van der Waals surface area contributed by atoms with E-state index in [0.29, 0.717) is 19.8 Å². The molecule has 0 spiro atoms. The molecule has 1 aromatic rings. The van der Waals surface area contributed by atoms with E-state index in [9.17, 15) is 0 Å². The Morgan fingerprint density at radius 1 is 1.59 bits per heavy atom. The minimum Gasteiger partial charge on any atom is -0.376 e. The van der Waals surface area contributed by atoms with E-state index < -0.39 is 0 Å². The zero-order chi connectivity index (χ0) is 12.3. The van der Waals surface area contributed by atoms with Crippen molar-refractivity contribution >= 4 is 27.3 Å². The zero-order valence-electron chi connectivity index (χ0n) is 10.2. The molecule has 0 radical (unpaired) electrons. The summed E-state index contributed by atoms with van der Waals surface area (Å²) in [6, 6.07) is 2.42. The van der Waals surface area contributed by atoms with Crippen molar-refractivity contribution in [3.05, 3.63) is 20.3 Å². The van der Waals surface area contributed by atoms with E-state index in [1.807, 2.05) is 11.3 Å². The van der Waals surface area contributed by atoms with Crippen LogP contribution in [-0.4, -0.2) is 32.5 Å². The highest BCUT2D eigenvalue weighted by molar-refractivity contribution is 9.10. The molecule has 2 heterocycles. The average molecular weight is 320 g/mol. The van der Waals surface area contributed by atoms with Crippen LogP contribution in [0.5, 0.6) is 0 Å². The molecule has 3 nitrogen and oxygen atoms in total. The van der Waals surface area contributed by atoms with Crippen LogP contribution in [0.4, 0.5) is 0 Å². The standard InChI is InChI=1S/C12H18BrNO2S/c1-3-14-12(10-7-15-4-5-16-10)11-6-9(13)8(2)17-11/h6,10,12,14H,3-5,7H2,1-2H3. The normalized spacial score (nSPS) is 22.6. The Morgan fingerprint density at radius 3 is 2.94 bits per heavy atom. The maximum atomic E-state index is 5.80. The number of aryl methyl sites for hydroxylation is 1. The second-order valence-electron chi connectivity index (χ2n) is 4.07. The molecule has 1 fully saturated rings. The molecule has 1 N–H and O–H groups in total. The first-order valence-corrected chi connectivity index (χ1v) is 7.52. The van der Waals surface area contributed by atoms with Gasteiger partial charge in [0.15, 0.2) is 0 Å². The number of hydrogen-bond donors (Lipinski definition) is 1. The molecule has 0 aromatic carbocycles. The Kier molecular flexibility index (Phi) is 4.99. The summed E-state index contributed by atoms with van der Waals surface area (Å²) < 4.78 is 12.5. The smallest absolute Gasteiger partial charge is 0.101 e. The van der Waals surface area contributed by atoms with Crippen molar-refractivity contribution in [2.75, 3.05) is 26.4 Å². The summed E-state index contributed by atoms with van der Waals surface area (Å²) >= 11 is 5.38. The van der Waals surface area contributed by atoms with Gasteiger partial charge < -0.3 is 14.8 Å². The molecule has 2 atom stereocenters. The van der Waals surface area contributed by atoms with Gasteiger partial charge in [-0.05, 0) is 35.5 Å². The summed E-state index contributed by atoms with van der Waals surface area (Å²) in [4.78, 5) is 2.62. The largest absolute Gasteiger partial charge is 0.376 e. The van der Waals surface area contributed by atoms with Crippen LogP contribution >= 0.6 is 27.3 Å². The van der Waals surface area contributed by atoms with E-state index >= 15 is 0 Å². The van der Waals surface area contributed by atoms with Crippen molar-refractivity contribution in [3.8, 4) is 0 Å². The molecule has 2 rings (SSSR count). The topological polar surface area (TPSA) is 30.5 Å². The van der Waals surface area contributed by atoms with Gasteiger partial charge in [-0.3, -0.25) is 0 Å². The third kappa shape index (κ3) is 3.29. The predicted molar refractivity (Wildman–Crippen MR) is 73.7 cm³/mol. The second kappa shape index (κ2) is 6.29. The van der Waals surface area contributed by atoms with Crippen molar-refractivity contribution in [1.29, 1.82) is 0 Å². The summed E-state index contributed by atoms with van der Waals surface area (Å²) in [7, 11) is 0. The molecule has 2 unspecified atom stereocenters. The fraction of sp³-hybridized carbons (Fsp3) is 0.667. The third-order valence-electron chi connectivity index (χ3n) is 2.82. The predicted octanol–water partition coefficient (Wildman–Crippen LogP) is 2.89. The maximum absolute atomic E-state index is 5.80. The number of ether oxygens (including phenoxy) is 2. The first kappa shape index (κ1) is 13.5. The Bertz CT molecular complexity index is 344. The van der Waals surface area contributed by atoms with E-state index in [1.165, 1.54) is 14.2 Å². The first-order valence-electron chi connectivity index (χ1n) is 5.91. The van der Waals surface area contributed by atoms with E-state index in [2.05, 4.69) is 41.2 Å². The Morgan fingerprint density at radius 2 is 2.41 bits per heavy atom. The van der Waals surface area contributed by atoms with Crippen molar-refractivity contribution in [2.24, 2.45) is 0 Å². The van der Waals surface area contributed by atoms with Crippen LogP contribution in [0, 0.1) is 6.92 Å².